The summed E-state index contributed by atoms with van der Waals surface area (Å²) in [6, 6.07) is 3.76. The van der Waals surface area contributed by atoms with Crippen molar-refractivity contribution in [2.24, 2.45) is 0 Å². The Labute approximate surface area is 83.1 Å². The lowest BCUT2D eigenvalue weighted by atomic mass is 10.2. The number of aromatic nitrogens is 1. The van der Waals surface area contributed by atoms with Gasteiger partial charge in [0.25, 0.3) is 0 Å². The Balaban J connectivity index is 2.39. The second-order valence-corrected chi connectivity index (χ2v) is 3.51. The van der Waals surface area contributed by atoms with E-state index >= 15 is 0 Å². The van der Waals surface area contributed by atoms with E-state index in [4.69, 9.17) is 4.74 Å². The van der Waals surface area contributed by atoms with E-state index in [1.807, 2.05) is 19.2 Å². The highest BCUT2D eigenvalue weighted by Crippen LogP contribution is 2.29. The molecule has 4 heteroatoms. The van der Waals surface area contributed by atoms with Gasteiger partial charge in [0.1, 0.15) is 6.61 Å². The molecule has 14 heavy (non-hydrogen) atoms. The molecule has 2 heterocycles. The van der Waals surface area contributed by atoms with Gasteiger partial charge in [-0.2, -0.15) is 0 Å². The number of hydrogen-bond donors (Lipinski definition) is 1. The Kier molecular flexibility index (Phi) is 2.29. The maximum atomic E-state index is 9.36. The number of aliphatic hydroxyl groups excluding tert-OH is 1. The normalized spacial score (nSPS) is 17.2. The van der Waals surface area contributed by atoms with E-state index in [-0.39, 0.29) is 0 Å². The molecule has 1 aliphatic rings. The summed E-state index contributed by atoms with van der Waals surface area (Å²) in [5.74, 6) is 0.622. The van der Waals surface area contributed by atoms with Crippen molar-refractivity contribution >= 4 is 5.69 Å². The molecule has 0 saturated carbocycles. The maximum absolute atomic E-state index is 9.36. The number of pyridine rings is 1. The van der Waals surface area contributed by atoms with Crippen molar-refractivity contribution in [3.63, 3.8) is 0 Å². The summed E-state index contributed by atoms with van der Waals surface area (Å²) >= 11 is 0. The number of rotatable bonds is 1. The van der Waals surface area contributed by atoms with Crippen LogP contribution in [-0.2, 0) is 0 Å². The maximum Gasteiger partial charge on any atom is 0.237 e. The predicted molar refractivity (Wildman–Crippen MR) is 53.6 cm³/mol. The van der Waals surface area contributed by atoms with Crippen LogP contribution in [0.25, 0.3) is 0 Å². The molecule has 1 atom stereocenters. The number of likely N-dealkylation sites (N-methyl/N-ethyl adjacent to an activating group) is 1. The monoisotopic (exact) mass is 194 g/mol. The van der Waals surface area contributed by atoms with Crippen molar-refractivity contribution in [2.45, 2.75) is 13.0 Å². The lowest BCUT2D eigenvalue weighted by Crippen LogP contribution is -2.29. The summed E-state index contributed by atoms with van der Waals surface area (Å²) in [6.07, 6.45) is -0.545. The molecule has 2 rings (SSSR count). The van der Waals surface area contributed by atoms with Crippen LogP contribution in [0.2, 0.25) is 0 Å². The zero-order valence-electron chi connectivity index (χ0n) is 8.40. The average Bonchev–Trinajstić information content (AvgIpc) is 2.17. The lowest BCUT2D eigenvalue weighted by molar-refractivity contribution is 0.191. The average molecular weight is 194 g/mol. The molecule has 1 aliphatic heterocycles. The second kappa shape index (κ2) is 3.46. The SMILES string of the molecule is CC(O)c1ccc2c(n1)OCCN2C. The van der Waals surface area contributed by atoms with Crippen LogP contribution in [0.4, 0.5) is 5.69 Å². The van der Waals surface area contributed by atoms with Crippen molar-refractivity contribution in [3.8, 4) is 5.88 Å². The highest BCUT2D eigenvalue weighted by molar-refractivity contribution is 5.56. The van der Waals surface area contributed by atoms with Gasteiger partial charge in [0.15, 0.2) is 0 Å². The van der Waals surface area contributed by atoms with E-state index in [0.29, 0.717) is 18.2 Å². The number of ether oxygens (including phenoxy) is 1. The quantitative estimate of drug-likeness (QED) is 0.723. The second-order valence-electron chi connectivity index (χ2n) is 3.51. The standard InChI is InChI=1S/C10H14N2O2/c1-7(13)8-3-4-9-10(11-8)14-6-5-12(9)2/h3-4,7,13H,5-6H2,1-2H3. The van der Waals surface area contributed by atoms with Crippen molar-refractivity contribution in [1.82, 2.24) is 4.98 Å². The Bertz CT molecular complexity index is 339. The fourth-order valence-corrected chi connectivity index (χ4v) is 1.48. The van der Waals surface area contributed by atoms with Crippen LogP contribution in [0.15, 0.2) is 12.1 Å². The number of fused-ring (bicyclic) bond motifs is 1. The molecule has 4 nitrogen and oxygen atoms in total. The van der Waals surface area contributed by atoms with Crippen LogP contribution in [0.1, 0.15) is 18.7 Å². The molecule has 1 N–H and O–H groups in total. The fourth-order valence-electron chi connectivity index (χ4n) is 1.48. The predicted octanol–water partition coefficient (Wildman–Crippen LogP) is 0.963. The van der Waals surface area contributed by atoms with Gasteiger partial charge in [-0.05, 0) is 19.1 Å². The largest absolute Gasteiger partial charge is 0.474 e. The van der Waals surface area contributed by atoms with Crippen LogP contribution in [0.5, 0.6) is 5.88 Å². The summed E-state index contributed by atoms with van der Waals surface area (Å²) in [7, 11) is 2.01. The van der Waals surface area contributed by atoms with Crippen LogP contribution in [0.3, 0.4) is 0 Å². The molecule has 1 aromatic rings. The highest BCUT2D eigenvalue weighted by Gasteiger charge is 2.17. The molecule has 0 saturated heterocycles. The molecule has 76 valence electrons. The number of hydrogen-bond acceptors (Lipinski definition) is 4. The van der Waals surface area contributed by atoms with Crippen molar-refractivity contribution in [1.29, 1.82) is 0 Å². The topological polar surface area (TPSA) is 45.6 Å². The highest BCUT2D eigenvalue weighted by atomic mass is 16.5. The van der Waals surface area contributed by atoms with Crippen molar-refractivity contribution in [2.75, 3.05) is 25.1 Å². The summed E-state index contributed by atoms with van der Waals surface area (Å²) in [5, 5.41) is 9.36. The number of nitrogens with zero attached hydrogens (tertiary/aromatic N) is 2. The Morgan fingerprint density at radius 1 is 1.57 bits per heavy atom. The summed E-state index contributed by atoms with van der Waals surface area (Å²) < 4.78 is 5.42. The van der Waals surface area contributed by atoms with E-state index < -0.39 is 6.10 Å². The summed E-state index contributed by atoms with van der Waals surface area (Å²) in [6.45, 7) is 3.23. The zero-order chi connectivity index (χ0) is 10.1. The lowest BCUT2D eigenvalue weighted by Gasteiger charge is -2.27. The number of aliphatic hydroxyl groups is 1. The van der Waals surface area contributed by atoms with E-state index in [9.17, 15) is 5.11 Å². The third-order valence-electron chi connectivity index (χ3n) is 2.37. The number of anilines is 1. The molecule has 0 aromatic carbocycles. The van der Waals surface area contributed by atoms with Gasteiger partial charge < -0.3 is 14.7 Å². The Morgan fingerprint density at radius 2 is 2.36 bits per heavy atom. The molecule has 1 unspecified atom stereocenters. The van der Waals surface area contributed by atoms with Gasteiger partial charge >= 0.3 is 0 Å². The van der Waals surface area contributed by atoms with Crippen molar-refractivity contribution in [3.05, 3.63) is 17.8 Å². The van der Waals surface area contributed by atoms with Gasteiger partial charge in [-0.3, -0.25) is 0 Å². The van der Waals surface area contributed by atoms with Gasteiger partial charge in [0.05, 0.1) is 24.0 Å². The molecular formula is C10H14N2O2. The zero-order valence-corrected chi connectivity index (χ0v) is 8.40. The third-order valence-corrected chi connectivity index (χ3v) is 2.37. The fraction of sp³-hybridized carbons (Fsp3) is 0.500. The van der Waals surface area contributed by atoms with E-state index in [2.05, 4.69) is 9.88 Å². The van der Waals surface area contributed by atoms with Gasteiger partial charge in [0.2, 0.25) is 5.88 Å². The minimum Gasteiger partial charge on any atom is -0.474 e. The van der Waals surface area contributed by atoms with Crippen molar-refractivity contribution < 1.29 is 9.84 Å². The van der Waals surface area contributed by atoms with Crippen LogP contribution >= 0.6 is 0 Å². The molecule has 0 bridgehead atoms. The minimum atomic E-state index is -0.545. The van der Waals surface area contributed by atoms with Crippen LogP contribution in [0, 0.1) is 0 Å². The van der Waals surface area contributed by atoms with E-state index in [1.165, 1.54) is 0 Å². The molecule has 0 amide bonds. The molecule has 0 spiro atoms. The van der Waals surface area contributed by atoms with Crippen LogP contribution in [-0.4, -0.2) is 30.3 Å². The van der Waals surface area contributed by atoms with Gasteiger partial charge in [-0.15, -0.1) is 0 Å². The Morgan fingerprint density at radius 3 is 3.07 bits per heavy atom. The summed E-state index contributed by atoms with van der Waals surface area (Å²) in [4.78, 5) is 6.34. The summed E-state index contributed by atoms with van der Waals surface area (Å²) in [5.41, 5.74) is 1.64. The third kappa shape index (κ3) is 1.53. The van der Waals surface area contributed by atoms with E-state index in [0.717, 1.165) is 12.2 Å². The molecule has 0 fully saturated rings. The van der Waals surface area contributed by atoms with Gasteiger partial charge in [-0.1, -0.05) is 0 Å². The molecule has 0 aliphatic carbocycles. The van der Waals surface area contributed by atoms with E-state index in [1.54, 1.807) is 6.92 Å². The molecule has 1 aromatic heterocycles. The first-order valence-electron chi connectivity index (χ1n) is 4.71. The minimum absolute atomic E-state index is 0.545. The van der Waals surface area contributed by atoms with Gasteiger partial charge in [0, 0.05) is 7.05 Å². The Hall–Kier alpha value is -1.29. The molecule has 0 radical (unpaired) electrons. The first-order valence-corrected chi connectivity index (χ1v) is 4.71. The first-order chi connectivity index (χ1) is 6.68. The molecular weight excluding hydrogens is 180 g/mol. The first kappa shape index (κ1) is 9.27. The van der Waals surface area contributed by atoms with Gasteiger partial charge in [-0.25, -0.2) is 4.98 Å². The smallest absolute Gasteiger partial charge is 0.237 e. The van der Waals surface area contributed by atoms with Crippen LogP contribution < -0.4 is 9.64 Å².